The van der Waals surface area contributed by atoms with Crippen LogP contribution in [0.3, 0.4) is 0 Å². The van der Waals surface area contributed by atoms with Gasteiger partial charge in [-0.2, -0.15) is 0 Å². The van der Waals surface area contributed by atoms with Crippen molar-refractivity contribution in [1.82, 2.24) is 20.1 Å². The van der Waals surface area contributed by atoms with Gasteiger partial charge in [0.05, 0.1) is 12.1 Å². The van der Waals surface area contributed by atoms with Crippen LogP contribution in [-0.2, 0) is 0 Å². The number of aromatic nitrogens is 1. The van der Waals surface area contributed by atoms with Crippen LogP contribution < -0.4 is 10.6 Å². The summed E-state index contributed by atoms with van der Waals surface area (Å²) in [5.41, 5.74) is -0.817. The minimum Gasteiger partial charge on any atom is -0.368 e. The summed E-state index contributed by atoms with van der Waals surface area (Å²) < 4.78 is 1.75. The number of amides is 3. The van der Waals surface area contributed by atoms with Crippen LogP contribution in [0.1, 0.15) is 29.9 Å². The average Bonchev–Trinajstić information content (AvgIpc) is 3.00. The Morgan fingerprint density at radius 3 is 2.90 bits per heavy atom. The van der Waals surface area contributed by atoms with E-state index in [2.05, 4.69) is 10.6 Å². The molecular weight excluding hydrogens is 296 g/mol. The maximum absolute atomic E-state index is 12.2. The smallest absolute Gasteiger partial charge is 0.320 e. The maximum atomic E-state index is 12.2. The quantitative estimate of drug-likeness (QED) is 0.697. The molecule has 1 aromatic heterocycles. The second-order valence-corrected chi connectivity index (χ2v) is 6.12. The molecule has 3 N–H and O–H groups in total. The molecule has 2 aliphatic heterocycles. The largest absolute Gasteiger partial charge is 0.368 e. The van der Waals surface area contributed by atoms with Crippen molar-refractivity contribution >= 4 is 23.5 Å². The highest BCUT2D eigenvalue weighted by Crippen LogP contribution is 2.46. The van der Waals surface area contributed by atoms with Crippen LogP contribution in [0.4, 0.5) is 4.79 Å². The summed E-state index contributed by atoms with van der Waals surface area (Å²) in [6, 6.07) is 1.95. The highest BCUT2D eigenvalue weighted by Gasteiger charge is 2.64. The third kappa shape index (κ3) is 1.42. The van der Waals surface area contributed by atoms with Crippen molar-refractivity contribution in [2.75, 3.05) is 6.54 Å². The minimum absolute atomic E-state index is 0.176. The SMILES string of the molecule is CCN1C(=O)NC2C3NC(=O)c4ccc(Cl)n4C3CC21O. The molecule has 2 fully saturated rings. The first kappa shape index (κ1) is 13.0. The number of rotatable bonds is 1. The van der Waals surface area contributed by atoms with Gasteiger partial charge in [-0.25, -0.2) is 4.79 Å². The van der Waals surface area contributed by atoms with Gasteiger partial charge in [-0.3, -0.25) is 9.69 Å². The lowest BCUT2D eigenvalue weighted by Gasteiger charge is -2.32. The number of hydrogen-bond acceptors (Lipinski definition) is 3. The summed E-state index contributed by atoms with van der Waals surface area (Å²) in [4.78, 5) is 25.5. The highest BCUT2D eigenvalue weighted by molar-refractivity contribution is 6.30. The Balaban J connectivity index is 1.81. The van der Waals surface area contributed by atoms with Crippen LogP contribution in [0.25, 0.3) is 0 Å². The highest BCUT2D eigenvalue weighted by atomic mass is 35.5. The second-order valence-electron chi connectivity index (χ2n) is 5.73. The average molecular weight is 311 g/mol. The van der Waals surface area contributed by atoms with Gasteiger partial charge in [0.25, 0.3) is 5.91 Å². The van der Waals surface area contributed by atoms with E-state index in [0.717, 1.165) is 0 Å². The fourth-order valence-corrected chi connectivity index (χ4v) is 4.24. The summed E-state index contributed by atoms with van der Waals surface area (Å²) in [7, 11) is 0. The van der Waals surface area contributed by atoms with Crippen LogP contribution in [0.2, 0.25) is 5.15 Å². The summed E-state index contributed by atoms with van der Waals surface area (Å²) in [6.45, 7) is 2.22. The zero-order valence-corrected chi connectivity index (χ0v) is 12.1. The van der Waals surface area contributed by atoms with Crippen LogP contribution in [0.5, 0.6) is 0 Å². The third-order valence-corrected chi connectivity index (χ3v) is 5.13. The zero-order valence-electron chi connectivity index (χ0n) is 11.3. The molecule has 1 aromatic rings. The van der Waals surface area contributed by atoms with E-state index in [4.69, 9.17) is 11.6 Å². The summed E-state index contributed by atoms with van der Waals surface area (Å²) in [6.07, 6.45) is 0.330. The van der Waals surface area contributed by atoms with Crippen LogP contribution in [0.15, 0.2) is 12.1 Å². The lowest BCUT2D eigenvalue weighted by atomic mass is 10.1. The standard InChI is InChI=1S/C13H15ClN4O3/c1-2-17-12(20)16-10-9-7(5-13(10,17)21)18-6(11(19)15-9)3-4-8(18)14/h3-4,7,9-10,21H,2,5H2,1H3,(H,15,19)(H,16,20). The Labute approximate surface area is 125 Å². The molecular formula is C13H15ClN4O3. The van der Waals surface area contributed by atoms with Gasteiger partial charge in [-0.05, 0) is 19.1 Å². The van der Waals surface area contributed by atoms with Gasteiger partial charge < -0.3 is 20.3 Å². The molecule has 1 aliphatic carbocycles. The number of carbonyl (C=O) groups excluding carboxylic acids is 2. The first-order chi connectivity index (χ1) is 9.97. The van der Waals surface area contributed by atoms with Crippen molar-refractivity contribution < 1.29 is 14.7 Å². The number of halogens is 1. The second kappa shape index (κ2) is 3.92. The molecule has 1 saturated carbocycles. The van der Waals surface area contributed by atoms with E-state index < -0.39 is 11.8 Å². The molecule has 7 nitrogen and oxygen atoms in total. The van der Waals surface area contributed by atoms with E-state index >= 15 is 0 Å². The molecule has 0 spiro atoms. The molecule has 21 heavy (non-hydrogen) atoms. The van der Waals surface area contributed by atoms with Crippen molar-refractivity contribution in [1.29, 1.82) is 0 Å². The Morgan fingerprint density at radius 2 is 2.19 bits per heavy atom. The zero-order chi connectivity index (χ0) is 14.9. The van der Waals surface area contributed by atoms with Crippen LogP contribution in [0, 0.1) is 0 Å². The lowest BCUT2D eigenvalue weighted by Crippen LogP contribution is -2.56. The van der Waals surface area contributed by atoms with Crippen molar-refractivity contribution in [2.24, 2.45) is 0 Å². The van der Waals surface area contributed by atoms with Gasteiger partial charge in [0, 0.05) is 13.0 Å². The molecule has 0 aromatic carbocycles. The minimum atomic E-state index is -1.30. The fourth-order valence-electron chi connectivity index (χ4n) is 3.96. The molecule has 4 atom stereocenters. The molecule has 3 amide bonds. The van der Waals surface area contributed by atoms with Crippen molar-refractivity contribution in [3.63, 3.8) is 0 Å². The summed E-state index contributed by atoms with van der Waals surface area (Å²) in [5.74, 6) is -0.239. The van der Waals surface area contributed by atoms with Gasteiger partial charge in [0.2, 0.25) is 0 Å². The number of likely N-dealkylation sites (N-methyl/N-ethyl adjacent to an activating group) is 1. The summed E-state index contributed by atoms with van der Waals surface area (Å²) in [5, 5.41) is 17.1. The number of fused-ring (bicyclic) bond motifs is 5. The molecule has 0 bridgehead atoms. The van der Waals surface area contributed by atoms with Gasteiger partial charge in [-0.15, -0.1) is 0 Å². The van der Waals surface area contributed by atoms with E-state index in [1.165, 1.54) is 4.90 Å². The molecule has 3 heterocycles. The summed E-state index contributed by atoms with van der Waals surface area (Å²) >= 11 is 6.19. The Hall–Kier alpha value is -1.73. The first-order valence-electron chi connectivity index (χ1n) is 6.95. The monoisotopic (exact) mass is 310 g/mol. The lowest BCUT2D eigenvalue weighted by molar-refractivity contribution is -0.0655. The fraction of sp³-hybridized carbons (Fsp3) is 0.538. The predicted molar refractivity (Wildman–Crippen MR) is 74.0 cm³/mol. The van der Waals surface area contributed by atoms with Gasteiger partial charge in [0.15, 0.2) is 5.72 Å². The predicted octanol–water partition coefficient (Wildman–Crippen LogP) is 0.301. The van der Waals surface area contributed by atoms with Crippen molar-refractivity contribution in [3.05, 3.63) is 23.0 Å². The van der Waals surface area contributed by atoms with E-state index in [1.807, 2.05) is 6.92 Å². The van der Waals surface area contributed by atoms with Gasteiger partial charge >= 0.3 is 6.03 Å². The van der Waals surface area contributed by atoms with Gasteiger partial charge in [0.1, 0.15) is 16.9 Å². The molecule has 4 rings (SSSR count). The van der Waals surface area contributed by atoms with Crippen LogP contribution in [-0.4, -0.2) is 50.9 Å². The number of carbonyl (C=O) groups is 2. The van der Waals surface area contributed by atoms with Gasteiger partial charge in [-0.1, -0.05) is 11.6 Å². The Morgan fingerprint density at radius 1 is 1.43 bits per heavy atom. The first-order valence-corrected chi connectivity index (χ1v) is 7.33. The van der Waals surface area contributed by atoms with E-state index in [1.54, 1.807) is 16.7 Å². The molecule has 0 radical (unpaired) electrons. The number of nitrogens with zero attached hydrogens (tertiary/aromatic N) is 2. The maximum Gasteiger partial charge on any atom is 0.320 e. The van der Waals surface area contributed by atoms with Crippen LogP contribution >= 0.6 is 11.6 Å². The molecule has 1 saturated heterocycles. The number of urea groups is 1. The third-order valence-electron chi connectivity index (χ3n) is 4.82. The van der Waals surface area contributed by atoms with E-state index in [-0.39, 0.29) is 24.0 Å². The van der Waals surface area contributed by atoms with E-state index in [0.29, 0.717) is 23.8 Å². The number of hydrogen-bond donors (Lipinski definition) is 3. The Bertz CT molecular complexity index is 660. The van der Waals surface area contributed by atoms with E-state index in [9.17, 15) is 14.7 Å². The molecule has 8 heteroatoms. The molecule has 3 aliphatic rings. The topological polar surface area (TPSA) is 86.6 Å². The molecule has 4 unspecified atom stereocenters. The Kier molecular flexibility index (Phi) is 2.42. The number of aliphatic hydroxyl groups is 1. The normalized spacial score (nSPS) is 36.9. The van der Waals surface area contributed by atoms with Crippen molar-refractivity contribution in [3.8, 4) is 0 Å². The van der Waals surface area contributed by atoms with Crippen molar-refractivity contribution in [2.45, 2.75) is 37.2 Å². The molecule has 112 valence electrons. The number of nitrogens with one attached hydrogen (secondary N) is 2.